The average molecular weight is 279 g/mol. The van der Waals surface area contributed by atoms with Gasteiger partial charge in [0.1, 0.15) is 0 Å². The highest BCUT2D eigenvalue weighted by molar-refractivity contribution is 5.89. The molecule has 1 N–H and O–H groups in total. The van der Waals surface area contributed by atoms with Gasteiger partial charge in [0.25, 0.3) is 0 Å². The number of ether oxygens (including phenoxy) is 2. The second-order valence-corrected chi connectivity index (χ2v) is 5.13. The number of methoxy groups -OCH3 is 1. The van der Waals surface area contributed by atoms with Crippen molar-refractivity contribution in [2.24, 2.45) is 0 Å². The first-order valence-electron chi connectivity index (χ1n) is 6.78. The predicted molar refractivity (Wildman–Crippen MR) is 74.5 cm³/mol. The summed E-state index contributed by atoms with van der Waals surface area (Å²) in [6.07, 6.45) is 0.00309. The number of aliphatic hydroxyl groups is 1. The zero-order chi connectivity index (χ0) is 14.5. The molecule has 0 bridgehead atoms. The zero-order valence-corrected chi connectivity index (χ0v) is 11.9. The number of morpholine rings is 1. The van der Waals surface area contributed by atoms with Gasteiger partial charge in [-0.2, -0.15) is 0 Å². The number of carbonyl (C=O) groups excluding carboxylic acids is 1. The van der Waals surface area contributed by atoms with Gasteiger partial charge in [-0.1, -0.05) is 12.1 Å². The van der Waals surface area contributed by atoms with E-state index in [2.05, 4.69) is 9.64 Å². The van der Waals surface area contributed by atoms with Crippen molar-refractivity contribution in [2.45, 2.75) is 25.7 Å². The minimum Gasteiger partial charge on any atom is -0.465 e. The van der Waals surface area contributed by atoms with Gasteiger partial charge in [-0.3, -0.25) is 4.90 Å². The zero-order valence-electron chi connectivity index (χ0n) is 11.9. The standard InChI is InChI=1S/C15H21NO4/c1-11-7-16(9-14(10-17)20-11)8-12-3-5-13(6-4-12)15(18)19-2/h3-6,11,14,17H,7-10H2,1-2H3. The van der Waals surface area contributed by atoms with Crippen LogP contribution in [0.1, 0.15) is 22.8 Å². The van der Waals surface area contributed by atoms with Crippen molar-refractivity contribution in [3.8, 4) is 0 Å². The molecule has 1 saturated heterocycles. The molecule has 1 aliphatic rings. The van der Waals surface area contributed by atoms with Crippen molar-refractivity contribution in [1.82, 2.24) is 4.90 Å². The molecule has 1 aromatic carbocycles. The number of aliphatic hydroxyl groups excluding tert-OH is 1. The van der Waals surface area contributed by atoms with E-state index in [1.807, 2.05) is 19.1 Å². The Morgan fingerprint density at radius 2 is 2.10 bits per heavy atom. The van der Waals surface area contributed by atoms with E-state index in [1.54, 1.807) is 12.1 Å². The fraction of sp³-hybridized carbons (Fsp3) is 0.533. The van der Waals surface area contributed by atoms with E-state index in [0.717, 1.165) is 25.2 Å². The van der Waals surface area contributed by atoms with E-state index in [0.29, 0.717) is 5.56 Å². The Labute approximate surface area is 119 Å². The molecule has 5 nitrogen and oxygen atoms in total. The maximum absolute atomic E-state index is 11.4. The van der Waals surface area contributed by atoms with Crippen molar-refractivity contribution in [2.75, 3.05) is 26.8 Å². The smallest absolute Gasteiger partial charge is 0.337 e. The summed E-state index contributed by atoms with van der Waals surface area (Å²) in [7, 11) is 1.38. The summed E-state index contributed by atoms with van der Waals surface area (Å²) in [4.78, 5) is 13.6. The Kier molecular flexibility index (Phi) is 5.11. The molecule has 0 radical (unpaired) electrons. The van der Waals surface area contributed by atoms with Gasteiger partial charge in [0.2, 0.25) is 0 Å². The molecule has 5 heteroatoms. The topological polar surface area (TPSA) is 59.0 Å². The lowest BCUT2D eigenvalue weighted by atomic mass is 10.1. The summed E-state index contributed by atoms with van der Waals surface area (Å²) in [5.74, 6) is -0.322. The van der Waals surface area contributed by atoms with Crippen LogP contribution < -0.4 is 0 Å². The van der Waals surface area contributed by atoms with Crippen molar-refractivity contribution in [3.05, 3.63) is 35.4 Å². The molecule has 110 valence electrons. The molecule has 2 atom stereocenters. The van der Waals surface area contributed by atoms with E-state index in [9.17, 15) is 9.90 Å². The number of esters is 1. The lowest BCUT2D eigenvalue weighted by molar-refractivity contribution is -0.0972. The predicted octanol–water partition coefficient (Wildman–Crippen LogP) is 1.05. The molecule has 2 rings (SSSR count). The Balaban J connectivity index is 1.97. The van der Waals surface area contributed by atoms with Crippen molar-refractivity contribution in [3.63, 3.8) is 0 Å². The van der Waals surface area contributed by atoms with Crippen LogP contribution in [0, 0.1) is 0 Å². The van der Waals surface area contributed by atoms with Gasteiger partial charge in [0, 0.05) is 19.6 Å². The van der Waals surface area contributed by atoms with Crippen LogP contribution in [0.15, 0.2) is 24.3 Å². The monoisotopic (exact) mass is 279 g/mol. The first kappa shape index (κ1) is 15.0. The second-order valence-electron chi connectivity index (χ2n) is 5.13. The molecule has 0 aromatic heterocycles. The lowest BCUT2D eigenvalue weighted by Crippen LogP contribution is -2.47. The largest absolute Gasteiger partial charge is 0.465 e. The van der Waals surface area contributed by atoms with Gasteiger partial charge in [-0.15, -0.1) is 0 Å². The summed E-state index contributed by atoms with van der Waals surface area (Å²) in [5.41, 5.74) is 1.68. The molecular formula is C15H21NO4. The van der Waals surface area contributed by atoms with Gasteiger partial charge < -0.3 is 14.6 Å². The molecule has 0 amide bonds. The van der Waals surface area contributed by atoms with Gasteiger partial charge in [0.15, 0.2) is 0 Å². The molecule has 1 heterocycles. The Morgan fingerprint density at radius 1 is 1.40 bits per heavy atom. The SMILES string of the molecule is COC(=O)c1ccc(CN2CC(C)OC(CO)C2)cc1. The highest BCUT2D eigenvalue weighted by Crippen LogP contribution is 2.15. The third-order valence-electron chi connectivity index (χ3n) is 3.39. The number of carbonyl (C=O) groups is 1. The minimum absolute atomic E-state index is 0.0438. The molecule has 1 aliphatic heterocycles. The molecule has 2 unspecified atom stereocenters. The summed E-state index contributed by atoms with van der Waals surface area (Å²) in [5, 5.41) is 9.21. The summed E-state index contributed by atoms with van der Waals surface area (Å²) < 4.78 is 10.3. The van der Waals surface area contributed by atoms with Crippen LogP contribution in [0.5, 0.6) is 0 Å². The molecular weight excluding hydrogens is 258 g/mol. The number of nitrogens with zero attached hydrogens (tertiary/aromatic N) is 1. The second kappa shape index (κ2) is 6.83. The van der Waals surface area contributed by atoms with E-state index in [4.69, 9.17) is 4.74 Å². The van der Waals surface area contributed by atoms with Gasteiger partial charge in [-0.05, 0) is 24.6 Å². The molecule has 0 aliphatic carbocycles. The fourth-order valence-corrected chi connectivity index (χ4v) is 2.49. The summed E-state index contributed by atoms with van der Waals surface area (Å²) >= 11 is 0. The van der Waals surface area contributed by atoms with Gasteiger partial charge in [-0.25, -0.2) is 4.79 Å². The van der Waals surface area contributed by atoms with Gasteiger partial charge >= 0.3 is 5.97 Å². The number of hydrogen-bond acceptors (Lipinski definition) is 5. The van der Waals surface area contributed by atoms with Crippen LogP contribution in [-0.4, -0.2) is 55.0 Å². The third-order valence-corrected chi connectivity index (χ3v) is 3.39. The lowest BCUT2D eigenvalue weighted by Gasteiger charge is -2.36. The average Bonchev–Trinajstić information content (AvgIpc) is 2.46. The Morgan fingerprint density at radius 3 is 2.70 bits per heavy atom. The van der Waals surface area contributed by atoms with Gasteiger partial charge in [0.05, 0.1) is 31.5 Å². The molecule has 1 fully saturated rings. The highest BCUT2D eigenvalue weighted by Gasteiger charge is 2.24. The highest BCUT2D eigenvalue weighted by atomic mass is 16.5. The quantitative estimate of drug-likeness (QED) is 0.835. The van der Waals surface area contributed by atoms with E-state index < -0.39 is 0 Å². The maximum Gasteiger partial charge on any atom is 0.337 e. The normalized spacial score (nSPS) is 23.6. The van der Waals surface area contributed by atoms with Crippen LogP contribution in [0.25, 0.3) is 0 Å². The number of hydrogen-bond donors (Lipinski definition) is 1. The van der Waals surface area contributed by atoms with Crippen LogP contribution in [0.3, 0.4) is 0 Å². The van der Waals surface area contributed by atoms with Crippen LogP contribution in [0.2, 0.25) is 0 Å². The van der Waals surface area contributed by atoms with Crippen LogP contribution in [-0.2, 0) is 16.0 Å². The van der Waals surface area contributed by atoms with Crippen molar-refractivity contribution in [1.29, 1.82) is 0 Å². The minimum atomic E-state index is -0.322. The Bertz CT molecular complexity index is 446. The fourth-order valence-electron chi connectivity index (χ4n) is 2.49. The summed E-state index contributed by atoms with van der Waals surface area (Å²) in [6.45, 7) is 4.40. The molecule has 0 saturated carbocycles. The van der Waals surface area contributed by atoms with Crippen LogP contribution in [0.4, 0.5) is 0 Å². The van der Waals surface area contributed by atoms with E-state index in [1.165, 1.54) is 7.11 Å². The first-order valence-corrected chi connectivity index (χ1v) is 6.78. The summed E-state index contributed by atoms with van der Waals surface area (Å²) in [6, 6.07) is 7.41. The molecule has 20 heavy (non-hydrogen) atoms. The van der Waals surface area contributed by atoms with Crippen LogP contribution >= 0.6 is 0 Å². The first-order chi connectivity index (χ1) is 9.62. The Hall–Kier alpha value is -1.43. The molecule has 1 aromatic rings. The van der Waals surface area contributed by atoms with E-state index >= 15 is 0 Å². The number of benzene rings is 1. The number of rotatable bonds is 4. The van der Waals surface area contributed by atoms with E-state index in [-0.39, 0.29) is 24.8 Å². The third kappa shape index (κ3) is 3.79. The maximum atomic E-state index is 11.4. The van der Waals surface area contributed by atoms with Crippen molar-refractivity contribution < 1.29 is 19.4 Å². The van der Waals surface area contributed by atoms with Crippen molar-refractivity contribution >= 4 is 5.97 Å². The molecule has 0 spiro atoms.